The maximum Gasteiger partial charge on any atom is 0.0805 e. The van der Waals surface area contributed by atoms with Gasteiger partial charge in [0.15, 0.2) is 0 Å². The van der Waals surface area contributed by atoms with E-state index >= 15 is 0 Å². The van der Waals surface area contributed by atoms with Gasteiger partial charge in [-0.1, -0.05) is 67.1 Å². The molecule has 9 rings (SSSR count). The summed E-state index contributed by atoms with van der Waals surface area (Å²) in [5.74, 6) is 5.81. The number of fused-ring (bicyclic) bond motifs is 7. The molecule has 0 radical (unpaired) electrons. The summed E-state index contributed by atoms with van der Waals surface area (Å²) in [5, 5.41) is 35.1. The van der Waals surface area contributed by atoms with Crippen molar-refractivity contribution in [3.63, 3.8) is 0 Å². The largest absolute Gasteiger partial charge is 0.393 e. The van der Waals surface area contributed by atoms with Gasteiger partial charge in [-0.25, -0.2) is 0 Å². The van der Waals surface area contributed by atoms with Gasteiger partial charge in [0.25, 0.3) is 0 Å². The second-order valence-electron chi connectivity index (χ2n) is 18.8. The first-order valence-corrected chi connectivity index (χ1v) is 20.7. The van der Waals surface area contributed by atoms with Crippen molar-refractivity contribution in [2.24, 2.45) is 58.7 Å². The zero-order chi connectivity index (χ0) is 33.3. The highest BCUT2D eigenvalue weighted by Crippen LogP contribution is 2.70. The van der Waals surface area contributed by atoms with Crippen molar-refractivity contribution in [3.8, 4) is 0 Å². The molecule has 2 saturated heterocycles. The van der Waals surface area contributed by atoms with Crippen LogP contribution >= 0.6 is 0 Å². The normalized spacial score (nSPS) is 46.4. The van der Waals surface area contributed by atoms with Gasteiger partial charge in [0.2, 0.25) is 0 Å². The SMILES string of the molecule is C[C@@]1(O)[C@@H]2CC[C@H]3[C@H](C[C@@H]4[C@H]3C[C@H](O)[C@@H]3C[C@@H](O)[C@H]5CCC[C@]43C5)[C@@H]2CN2C[C@@H](CC[C@H](CCc3ccccc3)c3ccccc3)CC[C@H]21. The number of benzene rings is 2. The van der Waals surface area contributed by atoms with Crippen LogP contribution in [0, 0.1) is 58.7 Å². The molecule has 0 aromatic heterocycles. The monoisotopic (exact) mass is 665 g/mol. The Morgan fingerprint density at radius 3 is 2.35 bits per heavy atom. The van der Waals surface area contributed by atoms with E-state index in [1.807, 2.05) is 0 Å². The van der Waals surface area contributed by atoms with Crippen LogP contribution in [0.1, 0.15) is 114 Å². The third-order valence-electron chi connectivity index (χ3n) is 16.8. The topological polar surface area (TPSA) is 63.9 Å². The molecule has 2 aliphatic heterocycles. The first-order valence-electron chi connectivity index (χ1n) is 20.7. The summed E-state index contributed by atoms with van der Waals surface area (Å²) in [6.45, 7) is 4.56. The first kappa shape index (κ1) is 33.1. The van der Waals surface area contributed by atoms with Crippen molar-refractivity contribution in [2.45, 2.75) is 133 Å². The molecule has 0 unspecified atom stereocenters. The maximum absolute atomic E-state index is 12.5. The van der Waals surface area contributed by atoms with Gasteiger partial charge in [-0.05, 0) is 173 Å². The van der Waals surface area contributed by atoms with Gasteiger partial charge in [-0.3, -0.25) is 4.90 Å². The lowest BCUT2D eigenvalue weighted by molar-refractivity contribution is -0.180. The lowest BCUT2D eigenvalue weighted by Crippen LogP contribution is -2.67. The van der Waals surface area contributed by atoms with Crippen LogP contribution in [-0.2, 0) is 6.42 Å². The highest BCUT2D eigenvalue weighted by molar-refractivity contribution is 5.22. The molecule has 1 spiro atoms. The third-order valence-corrected chi connectivity index (χ3v) is 16.8. The fourth-order valence-electron chi connectivity index (χ4n) is 14.8. The number of aliphatic hydroxyl groups excluding tert-OH is 2. The van der Waals surface area contributed by atoms with Crippen LogP contribution < -0.4 is 0 Å². The Labute approximate surface area is 296 Å². The molecular weight excluding hydrogens is 602 g/mol. The summed E-state index contributed by atoms with van der Waals surface area (Å²) in [5.41, 5.74) is 2.58. The lowest BCUT2D eigenvalue weighted by Gasteiger charge is -2.61. The Hall–Kier alpha value is -1.72. The number of rotatable bonds is 7. The second-order valence-corrected chi connectivity index (χ2v) is 18.8. The van der Waals surface area contributed by atoms with Crippen LogP contribution in [-0.4, -0.2) is 57.2 Å². The van der Waals surface area contributed by atoms with Gasteiger partial charge < -0.3 is 15.3 Å². The summed E-state index contributed by atoms with van der Waals surface area (Å²) in [6, 6.07) is 22.6. The first-order chi connectivity index (χ1) is 23.8. The summed E-state index contributed by atoms with van der Waals surface area (Å²) >= 11 is 0. The molecule has 3 N–H and O–H groups in total. The summed E-state index contributed by atoms with van der Waals surface area (Å²) in [7, 11) is 0. The maximum atomic E-state index is 12.5. The van der Waals surface area contributed by atoms with E-state index in [9.17, 15) is 15.3 Å². The minimum absolute atomic E-state index is 0.207. The van der Waals surface area contributed by atoms with E-state index in [-0.39, 0.29) is 17.6 Å². The van der Waals surface area contributed by atoms with Crippen molar-refractivity contribution in [2.75, 3.05) is 13.1 Å². The number of aliphatic hydroxyl groups is 3. The summed E-state index contributed by atoms with van der Waals surface area (Å²) < 4.78 is 0. The smallest absolute Gasteiger partial charge is 0.0805 e. The Kier molecular flexibility index (Phi) is 8.82. The van der Waals surface area contributed by atoms with Crippen LogP contribution in [0.2, 0.25) is 0 Å². The Bertz CT molecular complexity index is 1430. The lowest BCUT2D eigenvalue weighted by atomic mass is 9.45. The standard InChI is InChI=1S/C45H63NO3/c1-44(49)38-20-19-34-35(23-39-36(34)24-42(48)40-25-41(47)33-13-8-22-45(39,40)26-33)37(38)28-46-27-30(16-21-43(44)46)15-18-32(31-11-6-3-7-12-31)17-14-29-9-4-2-5-10-29/h2-7,9-12,30,32-43,47-49H,8,13-28H2,1H3/t30-,32-,33-,34-,35-,36-,37-,38+,39+,40-,41+,42-,43-,44+,45-/m0/s1. The van der Waals surface area contributed by atoms with E-state index in [1.165, 1.54) is 81.9 Å². The molecule has 4 heteroatoms. The van der Waals surface area contributed by atoms with Crippen molar-refractivity contribution in [3.05, 3.63) is 71.8 Å². The van der Waals surface area contributed by atoms with Crippen LogP contribution in [0.4, 0.5) is 0 Å². The van der Waals surface area contributed by atoms with Gasteiger partial charge in [0.05, 0.1) is 17.8 Å². The van der Waals surface area contributed by atoms with Crippen LogP contribution in [0.3, 0.4) is 0 Å². The molecule has 5 saturated carbocycles. The molecule has 5 aliphatic carbocycles. The Morgan fingerprint density at radius 2 is 1.53 bits per heavy atom. The molecule has 4 nitrogen and oxygen atoms in total. The number of hydrogen-bond donors (Lipinski definition) is 3. The van der Waals surface area contributed by atoms with Crippen LogP contribution in [0.5, 0.6) is 0 Å². The van der Waals surface area contributed by atoms with E-state index in [2.05, 4.69) is 72.5 Å². The Morgan fingerprint density at radius 1 is 0.735 bits per heavy atom. The minimum Gasteiger partial charge on any atom is -0.393 e. The molecule has 266 valence electrons. The van der Waals surface area contributed by atoms with Crippen molar-refractivity contribution >= 4 is 0 Å². The van der Waals surface area contributed by atoms with Crippen molar-refractivity contribution < 1.29 is 15.3 Å². The molecule has 0 amide bonds. The molecule has 2 aromatic rings. The average molecular weight is 666 g/mol. The fraction of sp³-hybridized carbons (Fsp3) is 0.733. The van der Waals surface area contributed by atoms with Crippen LogP contribution in [0.15, 0.2) is 60.7 Å². The molecule has 15 atom stereocenters. The number of nitrogens with zero attached hydrogens (tertiary/aromatic N) is 1. The minimum atomic E-state index is -0.611. The van der Waals surface area contributed by atoms with E-state index in [0.29, 0.717) is 65.2 Å². The number of piperidine rings is 2. The van der Waals surface area contributed by atoms with Crippen molar-refractivity contribution in [1.29, 1.82) is 0 Å². The number of hydrogen-bond acceptors (Lipinski definition) is 4. The molecule has 7 fully saturated rings. The van der Waals surface area contributed by atoms with E-state index < -0.39 is 5.60 Å². The predicted octanol–water partition coefficient (Wildman–Crippen LogP) is 8.25. The third kappa shape index (κ3) is 5.69. The fourth-order valence-corrected chi connectivity index (χ4v) is 14.8. The predicted molar refractivity (Wildman–Crippen MR) is 196 cm³/mol. The second kappa shape index (κ2) is 13.0. The molecule has 49 heavy (non-hydrogen) atoms. The highest BCUT2D eigenvalue weighted by atomic mass is 16.3. The van der Waals surface area contributed by atoms with Gasteiger partial charge >= 0.3 is 0 Å². The molecular formula is C45H63NO3. The van der Waals surface area contributed by atoms with E-state index in [0.717, 1.165) is 38.6 Å². The van der Waals surface area contributed by atoms with E-state index in [1.54, 1.807) is 0 Å². The Balaban J connectivity index is 0.906. The van der Waals surface area contributed by atoms with E-state index in [4.69, 9.17) is 0 Å². The van der Waals surface area contributed by atoms with Crippen LogP contribution in [0.25, 0.3) is 0 Å². The zero-order valence-corrected chi connectivity index (χ0v) is 30.1. The molecule has 2 aromatic carbocycles. The van der Waals surface area contributed by atoms with Gasteiger partial charge in [0.1, 0.15) is 0 Å². The van der Waals surface area contributed by atoms with Crippen molar-refractivity contribution in [1.82, 2.24) is 4.90 Å². The quantitative estimate of drug-likeness (QED) is 0.279. The molecule has 2 heterocycles. The van der Waals surface area contributed by atoms with Gasteiger partial charge in [-0.2, -0.15) is 0 Å². The van der Waals surface area contributed by atoms with Gasteiger partial charge in [0, 0.05) is 19.1 Å². The molecule has 7 aliphatic rings. The average Bonchev–Trinajstić information content (AvgIpc) is 3.50. The summed E-state index contributed by atoms with van der Waals surface area (Å²) in [4.78, 5) is 2.80. The highest BCUT2D eigenvalue weighted by Gasteiger charge is 2.66. The number of aryl methyl sites for hydroxylation is 1. The molecule has 2 bridgehead atoms. The summed E-state index contributed by atoms with van der Waals surface area (Å²) in [6.07, 6.45) is 17.2. The van der Waals surface area contributed by atoms with Gasteiger partial charge in [-0.15, -0.1) is 0 Å². The zero-order valence-electron chi connectivity index (χ0n) is 30.1.